The van der Waals surface area contributed by atoms with E-state index in [9.17, 15) is 14.7 Å². The van der Waals surface area contributed by atoms with Gasteiger partial charge in [0.1, 0.15) is 11.6 Å². The van der Waals surface area contributed by atoms with Gasteiger partial charge in [0.05, 0.1) is 22.9 Å². The van der Waals surface area contributed by atoms with Crippen molar-refractivity contribution in [1.82, 2.24) is 35.1 Å². The van der Waals surface area contributed by atoms with E-state index in [4.69, 9.17) is 68.1 Å². The van der Waals surface area contributed by atoms with Crippen LogP contribution in [0.2, 0.25) is 25.4 Å². The molecule has 10 rings (SSSR count). The highest BCUT2D eigenvalue weighted by Gasteiger charge is 2.51. The molecule has 0 unspecified atom stereocenters. The zero-order valence-corrected chi connectivity index (χ0v) is 46.6. The molecule has 2 aliphatic carbocycles. The van der Waals surface area contributed by atoms with Crippen molar-refractivity contribution in [3.8, 4) is 0 Å². The Balaban J connectivity index is 0.000000161. The third kappa shape index (κ3) is 13.3. The molecule has 2 aromatic carbocycles. The zero-order chi connectivity index (χ0) is 52.4. The Labute approximate surface area is 455 Å². The van der Waals surface area contributed by atoms with Crippen molar-refractivity contribution in [3.05, 3.63) is 96.4 Å². The molecule has 19 heteroatoms. The summed E-state index contributed by atoms with van der Waals surface area (Å²) in [5.74, 6) is 4.01. The molecule has 4 saturated heterocycles. The van der Waals surface area contributed by atoms with Gasteiger partial charge in [-0.3, -0.25) is 9.59 Å². The SMILES string of the molecule is CC1(C(=O)O)CC(N2CCC[C@H](C3CNC3)C2)C1.Cc1cnc(Cl)nc1N[C@H](C)c1ccc(Cl)cc1Cl.Cc1cnc(N2CC([C@H]3CCCN(C4CC(C)(C(=O)O)C4)C3)C2)nc1N[C@H](C)c1ccc(Cl)cc1Cl. The number of likely N-dealkylation sites (tertiary alicyclic amines) is 2. The van der Waals surface area contributed by atoms with Crippen LogP contribution >= 0.6 is 58.0 Å². The zero-order valence-electron chi connectivity index (χ0n) is 42.8. The highest BCUT2D eigenvalue weighted by molar-refractivity contribution is 6.35. The number of aliphatic carboxylic acids is 2. The molecule has 0 radical (unpaired) electrons. The number of carbonyl (C=O) groups is 2. The largest absolute Gasteiger partial charge is 0.481 e. The summed E-state index contributed by atoms with van der Waals surface area (Å²) in [7, 11) is 0. The van der Waals surface area contributed by atoms with Gasteiger partial charge in [-0.2, -0.15) is 4.98 Å². The van der Waals surface area contributed by atoms with Gasteiger partial charge < -0.3 is 40.9 Å². The van der Waals surface area contributed by atoms with Crippen LogP contribution in [-0.2, 0) is 9.59 Å². The maximum Gasteiger partial charge on any atom is 0.309 e. The van der Waals surface area contributed by atoms with Crippen molar-refractivity contribution in [2.24, 2.45) is 34.5 Å². The summed E-state index contributed by atoms with van der Waals surface area (Å²) in [6, 6.07) is 11.9. The van der Waals surface area contributed by atoms with Crippen molar-refractivity contribution in [2.45, 2.75) is 117 Å². The number of anilines is 3. The predicted molar refractivity (Wildman–Crippen MR) is 294 cm³/mol. The van der Waals surface area contributed by atoms with Crippen LogP contribution in [0.3, 0.4) is 0 Å². The standard InChI is InChI=1S/C27H35Cl2N5O2.C14H24N2O2.C13H12Cl3N3/c1-16-12-30-26(32-24(16)31-17(2)22-7-6-20(28)9-23(22)29)34-14-19(15-34)18-5-4-8-33(13-18)21-10-27(3,11-21)25(35)36;1-14(13(17)18)5-12(6-14)16-4-2-3-10(9-16)11-7-15-8-11;1-7-6-17-13(16)19-12(7)18-8(2)10-4-3-9(14)5-11(10)15/h6-7,9,12,17-19,21H,4-5,8,10-11,13-15H2,1-3H3,(H,35,36)(H,30,31,32);10-12,15H,2-9H2,1H3,(H,17,18);3-6,8H,1-2H3,(H,17,18,19)/t17-,18+,21?,27?;10-,12?,14?;8-/m101/s1. The maximum atomic E-state index is 11.5. The number of nitrogens with one attached hydrogen (secondary N) is 3. The Morgan fingerprint density at radius 2 is 1.11 bits per heavy atom. The summed E-state index contributed by atoms with van der Waals surface area (Å²) in [5.41, 5.74) is 2.85. The minimum atomic E-state index is -0.653. The van der Waals surface area contributed by atoms with Crippen molar-refractivity contribution < 1.29 is 19.8 Å². The molecule has 5 N–H and O–H groups in total. The fourth-order valence-electron chi connectivity index (χ4n) is 11.5. The molecule has 0 spiro atoms. The molecule has 2 saturated carbocycles. The molecule has 2 aromatic heterocycles. The van der Waals surface area contributed by atoms with E-state index in [1.165, 1.54) is 51.9 Å². The van der Waals surface area contributed by atoms with Gasteiger partial charge in [-0.15, -0.1) is 0 Å². The Hall–Kier alpha value is -3.73. The summed E-state index contributed by atoms with van der Waals surface area (Å²) < 4.78 is 0. The Bertz CT molecular complexity index is 2590. The summed E-state index contributed by atoms with van der Waals surface area (Å²) in [6.45, 7) is 20.6. The number of benzene rings is 2. The van der Waals surface area contributed by atoms with Gasteiger partial charge in [0.15, 0.2) is 0 Å². The number of hydrogen-bond acceptors (Lipinski definition) is 12. The van der Waals surface area contributed by atoms with Crippen molar-refractivity contribution in [1.29, 1.82) is 0 Å². The molecule has 4 atom stereocenters. The highest BCUT2D eigenvalue weighted by Crippen LogP contribution is 2.47. The number of hydrogen-bond donors (Lipinski definition) is 5. The fourth-order valence-corrected chi connectivity index (χ4v) is 12.8. The summed E-state index contributed by atoms with van der Waals surface area (Å²) in [6.07, 6.45) is 11.9. The third-order valence-electron chi connectivity index (χ3n) is 16.6. The number of carboxylic acid groups (broad SMARTS) is 2. The summed E-state index contributed by atoms with van der Waals surface area (Å²) in [5, 5.41) is 31.4. The number of aryl methyl sites for hydroxylation is 2. The van der Waals surface area contributed by atoms with E-state index in [1.807, 2.05) is 59.0 Å². The van der Waals surface area contributed by atoms with E-state index in [2.05, 4.69) is 52.5 Å². The highest BCUT2D eigenvalue weighted by atomic mass is 35.5. The molecule has 14 nitrogen and oxygen atoms in total. The molecule has 6 heterocycles. The average molecular weight is 1100 g/mol. The molecule has 0 amide bonds. The first-order valence-corrected chi connectivity index (χ1v) is 27.7. The van der Waals surface area contributed by atoms with E-state index in [0.29, 0.717) is 49.8 Å². The number of halogens is 5. The number of rotatable bonds is 13. The second-order valence-corrected chi connectivity index (χ2v) is 24.2. The van der Waals surface area contributed by atoms with E-state index >= 15 is 0 Å². The smallest absolute Gasteiger partial charge is 0.309 e. The monoisotopic (exact) mass is 1100 g/mol. The Morgan fingerprint density at radius 3 is 1.55 bits per heavy atom. The van der Waals surface area contributed by atoms with Gasteiger partial charge in [0.25, 0.3) is 0 Å². The number of aromatic nitrogens is 4. The lowest BCUT2D eigenvalue weighted by atomic mass is 9.65. The average Bonchev–Trinajstić information content (AvgIpc) is 3.28. The molecule has 73 heavy (non-hydrogen) atoms. The molecular formula is C54H71Cl5N10O4. The molecule has 0 bridgehead atoms. The number of carboxylic acids is 2. The topological polar surface area (TPSA) is 172 Å². The van der Waals surface area contributed by atoms with Gasteiger partial charge in [0.2, 0.25) is 11.2 Å². The predicted octanol–water partition coefficient (Wildman–Crippen LogP) is 11.8. The van der Waals surface area contributed by atoms with Crippen molar-refractivity contribution in [3.63, 3.8) is 0 Å². The lowest BCUT2D eigenvalue weighted by molar-refractivity contribution is -0.159. The second-order valence-electron chi connectivity index (χ2n) is 22.2. The molecular weight excluding hydrogens is 1030 g/mol. The third-order valence-corrected chi connectivity index (χ3v) is 17.9. The summed E-state index contributed by atoms with van der Waals surface area (Å²) >= 11 is 30.3. The van der Waals surface area contributed by atoms with Crippen LogP contribution in [-0.4, -0.2) is 116 Å². The first-order valence-electron chi connectivity index (χ1n) is 25.8. The van der Waals surface area contributed by atoms with Gasteiger partial charge in [0, 0.05) is 81.9 Å². The van der Waals surface area contributed by atoms with Crippen LogP contribution in [0.1, 0.15) is 113 Å². The van der Waals surface area contributed by atoms with E-state index in [-0.39, 0.29) is 17.4 Å². The van der Waals surface area contributed by atoms with Crippen molar-refractivity contribution in [2.75, 3.05) is 67.9 Å². The van der Waals surface area contributed by atoms with Crippen LogP contribution in [0.4, 0.5) is 17.6 Å². The van der Waals surface area contributed by atoms with Crippen LogP contribution in [0, 0.1) is 48.3 Å². The van der Waals surface area contributed by atoms with Gasteiger partial charge >= 0.3 is 11.9 Å². The van der Waals surface area contributed by atoms with E-state index < -0.39 is 22.8 Å². The molecule has 396 valence electrons. The lowest BCUT2D eigenvalue weighted by Gasteiger charge is -2.52. The van der Waals surface area contributed by atoms with Gasteiger partial charge in [-0.25, -0.2) is 15.0 Å². The summed E-state index contributed by atoms with van der Waals surface area (Å²) in [4.78, 5) is 47.5. The van der Waals surface area contributed by atoms with Crippen LogP contribution in [0.25, 0.3) is 0 Å². The van der Waals surface area contributed by atoms with Crippen LogP contribution in [0.15, 0.2) is 48.8 Å². The normalized spacial score (nSPS) is 27.2. The van der Waals surface area contributed by atoms with Crippen molar-refractivity contribution >= 4 is 87.5 Å². The molecule has 4 aliphatic heterocycles. The first kappa shape index (κ1) is 55.5. The Morgan fingerprint density at radius 1 is 0.658 bits per heavy atom. The first-order chi connectivity index (χ1) is 34.7. The minimum absolute atomic E-state index is 0.0190. The van der Waals surface area contributed by atoms with E-state index in [1.54, 1.807) is 24.4 Å². The maximum absolute atomic E-state index is 11.5. The number of piperidine rings is 2. The second kappa shape index (κ2) is 23.7. The Kier molecular flexibility index (Phi) is 18.0. The molecule has 6 fully saturated rings. The quantitative estimate of drug-likeness (QED) is 0.0801. The minimum Gasteiger partial charge on any atom is -0.481 e. The molecule has 4 aromatic rings. The fraction of sp³-hybridized carbons (Fsp3) is 0.593. The van der Waals surface area contributed by atoms with E-state index in [0.717, 1.165) is 97.7 Å². The lowest BCUT2D eigenvalue weighted by Crippen LogP contribution is -2.58. The van der Waals surface area contributed by atoms with Gasteiger partial charge in [-0.1, -0.05) is 58.5 Å². The van der Waals surface area contributed by atoms with Crippen LogP contribution < -0.4 is 20.9 Å². The molecule has 6 aliphatic rings. The van der Waals surface area contributed by atoms with Crippen LogP contribution in [0.5, 0.6) is 0 Å². The number of nitrogens with zero attached hydrogens (tertiary/aromatic N) is 7. The van der Waals surface area contributed by atoms with Gasteiger partial charge in [-0.05, 0) is 190 Å².